The molecule has 0 bridgehead atoms. The van der Waals surface area contributed by atoms with Gasteiger partial charge in [-0.2, -0.15) is 5.10 Å². The number of hydrogen-bond donors (Lipinski definition) is 1. The summed E-state index contributed by atoms with van der Waals surface area (Å²) < 4.78 is 1.78. The summed E-state index contributed by atoms with van der Waals surface area (Å²) >= 11 is 0. The molecule has 2 aromatic carbocycles. The smallest absolute Gasteiger partial charge is 0.320 e. The number of pyridine rings is 1. The number of fused-ring (bicyclic) bond motifs is 1. The highest BCUT2D eigenvalue weighted by Crippen LogP contribution is 2.33. The van der Waals surface area contributed by atoms with Gasteiger partial charge in [0.15, 0.2) is 5.82 Å². The van der Waals surface area contributed by atoms with Crippen molar-refractivity contribution in [3.63, 3.8) is 0 Å². The van der Waals surface area contributed by atoms with E-state index >= 15 is 0 Å². The summed E-state index contributed by atoms with van der Waals surface area (Å²) in [7, 11) is 1.90. The Morgan fingerprint density at radius 1 is 1.00 bits per heavy atom. The SMILES string of the molecule is CCc1cc(NC(=O)N2CCc3nc(-c4cccnc4)nc(-c4ccccc4C)c3C2)cc(-c2cnn(C)c2)c1. The van der Waals surface area contributed by atoms with E-state index in [0.717, 1.165) is 62.4 Å². The second-order valence-corrected chi connectivity index (χ2v) is 10.2. The average Bonchev–Trinajstić information content (AvgIpc) is 3.43. The standard InChI is InChI=1S/C32H31N7O/c1-4-22-14-24(25-18-34-38(3)19-25)16-26(15-22)35-32(40)39-13-11-29-28(20-39)30(27-10-6-5-8-21(27)2)37-31(36-29)23-9-7-12-33-17-23/h5-10,12,14-19H,4,11,13,20H2,1-3H3,(H,35,40). The third-order valence-electron chi connectivity index (χ3n) is 7.36. The van der Waals surface area contributed by atoms with Gasteiger partial charge in [-0.25, -0.2) is 14.8 Å². The minimum Gasteiger partial charge on any atom is -0.320 e. The Bertz CT molecular complexity index is 1690. The maximum absolute atomic E-state index is 13.6. The van der Waals surface area contributed by atoms with Gasteiger partial charge in [-0.1, -0.05) is 37.3 Å². The first kappa shape index (κ1) is 25.4. The minimum atomic E-state index is -0.136. The van der Waals surface area contributed by atoms with Gasteiger partial charge in [-0.05, 0) is 54.3 Å². The lowest BCUT2D eigenvalue weighted by Gasteiger charge is -2.30. The van der Waals surface area contributed by atoms with Crippen molar-refractivity contribution in [2.24, 2.45) is 7.05 Å². The van der Waals surface area contributed by atoms with Crippen LogP contribution in [-0.4, -0.2) is 42.2 Å². The summed E-state index contributed by atoms with van der Waals surface area (Å²) in [6, 6.07) is 18.1. The molecule has 8 heteroatoms. The monoisotopic (exact) mass is 529 g/mol. The fraction of sp³-hybridized carbons (Fsp3) is 0.219. The van der Waals surface area contributed by atoms with E-state index in [9.17, 15) is 4.79 Å². The number of carbonyl (C=O) groups is 1. The Morgan fingerprint density at radius 2 is 1.88 bits per heavy atom. The lowest BCUT2D eigenvalue weighted by Crippen LogP contribution is -2.39. The van der Waals surface area contributed by atoms with Crippen LogP contribution in [-0.2, 0) is 26.4 Å². The fourth-order valence-corrected chi connectivity index (χ4v) is 5.18. The second-order valence-electron chi connectivity index (χ2n) is 10.2. The van der Waals surface area contributed by atoms with Crippen LogP contribution in [0.3, 0.4) is 0 Å². The fourth-order valence-electron chi connectivity index (χ4n) is 5.18. The summed E-state index contributed by atoms with van der Waals surface area (Å²) in [5, 5.41) is 7.46. The second kappa shape index (κ2) is 10.7. The number of nitrogens with zero attached hydrogens (tertiary/aromatic N) is 6. The molecule has 40 heavy (non-hydrogen) atoms. The van der Waals surface area contributed by atoms with Crippen molar-refractivity contribution in [3.8, 4) is 33.8 Å². The van der Waals surface area contributed by atoms with E-state index in [1.807, 2.05) is 60.7 Å². The van der Waals surface area contributed by atoms with Crippen molar-refractivity contribution in [1.82, 2.24) is 29.6 Å². The van der Waals surface area contributed by atoms with Crippen molar-refractivity contribution in [2.75, 3.05) is 11.9 Å². The number of rotatable bonds is 5. The molecular formula is C32H31N7O. The molecule has 4 heterocycles. The van der Waals surface area contributed by atoms with E-state index in [4.69, 9.17) is 9.97 Å². The minimum absolute atomic E-state index is 0.136. The van der Waals surface area contributed by atoms with Crippen LogP contribution in [0.15, 0.2) is 79.4 Å². The number of nitrogens with one attached hydrogen (secondary N) is 1. The highest BCUT2D eigenvalue weighted by Gasteiger charge is 2.27. The molecule has 5 aromatic rings. The Balaban J connectivity index is 1.32. The van der Waals surface area contributed by atoms with Gasteiger partial charge in [0.1, 0.15) is 0 Å². The molecule has 1 aliphatic rings. The quantitative estimate of drug-likeness (QED) is 0.299. The first-order valence-corrected chi connectivity index (χ1v) is 13.5. The van der Waals surface area contributed by atoms with E-state index in [2.05, 4.69) is 47.4 Å². The number of carbonyl (C=O) groups excluding carboxylic acids is 1. The first-order valence-electron chi connectivity index (χ1n) is 13.5. The van der Waals surface area contributed by atoms with Gasteiger partial charge in [-0.3, -0.25) is 9.67 Å². The lowest BCUT2D eigenvalue weighted by atomic mass is 9.96. The van der Waals surface area contributed by atoms with Crippen molar-refractivity contribution in [1.29, 1.82) is 0 Å². The van der Waals surface area contributed by atoms with Crippen LogP contribution in [0.5, 0.6) is 0 Å². The third-order valence-corrected chi connectivity index (χ3v) is 7.36. The molecule has 0 saturated carbocycles. The Labute approximate surface area is 233 Å². The van der Waals surface area contributed by atoms with Gasteiger partial charge in [0.2, 0.25) is 0 Å². The summed E-state index contributed by atoms with van der Waals surface area (Å²) in [5.41, 5.74) is 9.85. The normalized spacial score (nSPS) is 12.7. The Kier molecular flexibility index (Phi) is 6.82. The average molecular weight is 530 g/mol. The van der Waals surface area contributed by atoms with Crippen LogP contribution >= 0.6 is 0 Å². The molecule has 6 rings (SSSR count). The van der Waals surface area contributed by atoms with E-state index < -0.39 is 0 Å². The Morgan fingerprint density at radius 3 is 2.62 bits per heavy atom. The summed E-state index contributed by atoms with van der Waals surface area (Å²) in [5.74, 6) is 0.655. The Hall–Kier alpha value is -4.85. The third kappa shape index (κ3) is 5.08. The summed E-state index contributed by atoms with van der Waals surface area (Å²) in [4.78, 5) is 29.6. The highest BCUT2D eigenvalue weighted by atomic mass is 16.2. The van der Waals surface area contributed by atoms with Gasteiger partial charge >= 0.3 is 6.03 Å². The largest absolute Gasteiger partial charge is 0.322 e. The molecule has 0 atom stereocenters. The van der Waals surface area contributed by atoms with Crippen molar-refractivity contribution < 1.29 is 4.79 Å². The molecule has 8 nitrogen and oxygen atoms in total. The molecule has 0 saturated heterocycles. The maximum Gasteiger partial charge on any atom is 0.322 e. The first-order chi connectivity index (χ1) is 19.5. The molecule has 0 spiro atoms. The molecule has 2 amide bonds. The van der Waals surface area contributed by atoms with E-state index in [0.29, 0.717) is 25.3 Å². The van der Waals surface area contributed by atoms with E-state index in [-0.39, 0.29) is 6.03 Å². The zero-order valence-corrected chi connectivity index (χ0v) is 22.9. The zero-order chi connectivity index (χ0) is 27.6. The zero-order valence-electron chi connectivity index (χ0n) is 22.9. The van der Waals surface area contributed by atoms with Gasteiger partial charge < -0.3 is 10.2 Å². The number of urea groups is 1. The predicted molar refractivity (Wildman–Crippen MR) is 157 cm³/mol. The number of amides is 2. The van der Waals surface area contributed by atoms with E-state index in [1.54, 1.807) is 17.1 Å². The van der Waals surface area contributed by atoms with Crippen molar-refractivity contribution in [2.45, 2.75) is 33.2 Å². The van der Waals surface area contributed by atoms with Gasteiger partial charge in [0, 0.05) is 66.5 Å². The maximum atomic E-state index is 13.6. The van der Waals surface area contributed by atoms with Crippen molar-refractivity contribution in [3.05, 3.63) is 102 Å². The van der Waals surface area contributed by atoms with E-state index in [1.165, 1.54) is 0 Å². The van der Waals surface area contributed by atoms with Gasteiger partial charge in [0.25, 0.3) is 0 Å². The van der Waals surface area contributed by atoms with Crippen LogP contribution in [0.4, 0.5) is 10.5 Å². The molecule has 0 fully saturated rings. The molecule has 1 N–H and O–H groups in total. The van der Waals surface area contributed by atoms with Crippen LogP contribution in [0.2, 0.25) is 0 Å². The molecular weight excluding hydrogens is 498 g/mol. The van der Waals surface area contributed by atoms with Crippen molar-refractivity contribution >= 4 is 11.7 Å². The molecule has 1 aliphatic heterocycles. The topological polar surface area (TPSA) is 88.8 Å². The highest BCUT2D eigenvalue weighted by molar-refractivity contribution is 5.91. The molecule has 3 aromatic heterocycles. The molecule has 0 aliphatic carbocycles. The lowest BCUT2D eigenvalue weighted by molar-refractivity contribution is 0.206. The predicted octanol–water partition coefficient (Wildman–Crippen LogP) is 6.07. The van der Waals surface area contributed by atoms with Crippen LogP contribution in [0, 0.1) is 6.92 Å². The molecule has 200 valence electrons. The number of aryl methyl sites for hydroxylation is 3. The number of aromatic nitrogens is 5. The summed E-state index contributed by atoms with van der Waals surface area (Å²) in [6.07, 6.45) is 8.87. The van der Waals surface area contributed by atoms with Gasteiger partial charge in [0.05, 0.1) is 24.1 Å². The van der Waals surface area contributed by atoms with Crippen LogP contribution < -0.4 is 5.32 Å². The molecule has 0 unspecified atom stereocenters. The van der Waals surface area contributed by atoms with Crippen LogP contribution in [0.25, 0.3) is 33.8 Å². The number of benzene rings is 2. The van der Waals surface area contributed by atoms with Gasteiger partial charge in [-0.15, -0.1) is 0 Å². The van der Waals surface area contributed by atoms with Crippen LogP contribution in [0.1, 0.15) is 29.3 Å². The summed E-state index contributed by atoms with van der Waals surface area (Å²) in [6.45, 7) is 5.20. The number of hydrogen-bond acceptors (Lipinski definition) is 5. The molecule has 0 radical (unpaired) electrons. The number of anilines is 1.